The Balaban J connectivity index is 3.59. The van der Waals surface area contributed by atoms with E-state index in [2.05, 4.69) is 19.6 Å². The Labute approximate surface area is 81.3 Å². The summed E-state index contributed by atoms with van der Waals surface area (Å²) in [6.07, 6.45) is 5.17. The molecule has 0 aromatic heterocycles. The van der Waals surface area contributed by atoms with E-state index in [0.717, 1.165) is 12.6 Å². The number of halogens is 1. The van der Waals surface area contributed by atoms with Crippen LogP contribution in [0.2, 0.25) is 0 Å². The summed E-state index contributed by atoms with van der Waals surface area (Å²) in [4.78, 5) is 0. The number of aliphatic hydroxyl groups excluding tert-OH is 1. The summed E-state index contributed by atoms with van der Waals surface area (Å²) >= 11 is 0. The molecule has 0 amide bonds. The molecular formula is C10H22FOP. The van der Waals surface area contributed by atoms with Crippen LogP contribution in [0.15, 0.2) is 0 Å². The van der Waals surface area contributed by atoms with Crippen LogP contribution in [0.5, 0.6) is 0 Å². The number of hydrogen-bond acceptors (Lipinski definition) is 1. The number of hydrogen-bond donors (Lipinski definition) is 1. The Kier molecular flexibility index (Phi) is 5.91. The first-order valence-corrected chi connectivity index (χ1v) is 7.91. The van der Waals surface area contributed by atoms with Crippen molar-refractivity contribution in [2.75, 3.05) is 19.5 Å². The van der Waals surface area contributed by atoms with Crippen molar-refractivity contribution < 1.29 is 9.50 Å². The molecule has 0 aromatic rings. The van der Waals surface area contributed by atoms with E-state index in [1.54, 1.807) is 6.92 Å². The summed E-state index contributed by atoms with van der Waals surface area (Å²) in [5.74, 6) is 0. The molecule has 0 aliphatic rings. The lowest BCUT2D eigenvalue weighted by molar-refractivity contribution is 0.0682. The van der Waals surface area contributed by atoms with Gasteiger partial charge in [-0.2, -0.15) is 0 Å². The minimum Gasteiger partial charge on any atom is -0.390 e. The van der Waals surface area contributed by atoms with Crippen molar-refractivity contribution in [3.63, 3.8) is 0 Å². The van der Waals surface area contributed by atoms with Gasteiger partial charge in [0.2, 0.25) is 0 Å². The van der Waals surface area contributed by atoms with Crippen LogP contribution in [0.25, 0.3) is 0 Å². The molecule has 0 unspecified atom stereocenters. The molecule has 0 aliphatic carbocycles. The van der Waals surface area contributed by atoms with Crippen molar-refractivity contribution >= 4 is 13.2 Å². The smallest absolute Gasteiger partial charge is 0.126 e. The third-order valence-corrected chi connectivity index (χ3v) is 3.60. The quantitative estimate of drug-likeness (QED) is 0.665. The standard InChI is InChI=1S/C10H22FOP/c1-5-9(11)10(12)7-6-8-13(2,3)4/h9-10,12H,2,5-8H2,1,3-4H3/t9-,10+/m0/s1. The first-order chi connectivity index (χ1) is 5.87. The van der Waals surface area contributed by atoms with Gasteiger partial charge in [-0.25, -0.2) is 4.39 Å². The van der Waals surface area contributed by atoms with Crippen LogP contribution in [0.3, 0.4) is 0 Å². The van der Waals surface area contributed by atoms with E-state index in [1.165, 1.54) is 0 Å². The van der Waals surface area contributed by atoms with Gasteiger partial charge < -0.3 is 5.11 Å². The van der Waals surface area contributed by atoms with Gasteiger partial charge in [-0.05, 0) is 38.8 Å². The molecule has 0 radical (unpaired) electrons. The van der Waals surface area contributed by atoms with Crippen molar-refractivity contribution in [2.45, 2.75) is 38.5 Å². The molecule has 0 bridgehead atoms. The highest BCUT2D eigenvalue weighted by atomic mass is 31.2. The Hall–Kier alpha value is 0.190. The zero-order chi connectivity index (χ0) is 10.5. The van der Waals surface area contributed by atoms with Gasteiger partial charge in [0.05, 0.1) is 6.10 Å². The second-order valence-corrected chi connectivity index (χ2v) is 8.61. The summed E-state index contributed by atoms with van der Waals surface area (Å²) in [5, 5.41) is 9.33. The molecule has 13 heavy (non-hydrogen) atoms. The molecule has 0 fully saturated rings. The zero-order valence-electron chi connectivity index (χ0n) is 8.96. The third kappa shape index (κ3) is 7.28. The van der Waals surface area contributed by atoms with Crippen LogP contribution in [-0.2, 0) is 0 Å². The first-order valence-electron chi connectivity index (χ1n) is 4.86. The van der Waals surface area contributed by atoms with E-state index < -0.39 is 19.2 Å². The monoisotopic (exact) mass is 208 g/mol. The zero-order valence-corrected chi connectivity index (χ0v) is 9.86. The van der Waals surface area contributed by atoms with Gasteiger partial charge in [0.15, 0.2) is 0 Å². The summed E-state index contributed by atoms with van der Waals surface area (Å²) in [7, 11) is 0. The highest BCUT2D eigenvalue weighted by molar-refractivity contribution is 7.72. The molecule has 0 spiro atoms. The maximum atomic E-state index is 12.9. The molecular weight excluding hydrogens is 186 g/mol. The van der Waals surface area contributed by atoms with Crippen LogP contribution < -0.4 is 0 Å². The van der Waals surface area contributed by atoms with E-state index in [4.69, 9.17) is 0 Å². The van der Waals surface area contributed by atoms with E-state index in [9.17, 15) is 9.50 Å². The fraction of sp³-hybridized carbons (Fsp3) is 0.900. The summed E-state index contributed by atoms with van der Waals surface area (Å²) in [6.45, 7) is 5.08. The topological polar surface area (TPSA) is 20.2 Å². The minimum absolute atomic E-state index is 0.407. The number of rotatable bonds is 6. The van der Waals surface area contributed by atoms with E-state index >= 15 is 0 Å². The molecule has 0 heterocycles. The fourth-order valence-electron chi connectivity index (χ4n) is 1.18. The molecule has 0 saturated carbocycles. The van der Waals surface area contributed by atoms with Crippen LogP contribution in [-0.4, -0.2) is 43.2 Å². The Morgan fingerprint density at radius 2 is 2.00 bits per heavy atom. The lowest BCUT2D eigenvalue weighted by Gasteiger charge is -2.16. The lowest BCUT2D eigenvalue weighted by atomic mass is 10.1. The normalized spacial score (nSPS) is 17.0. The Bertz CT molecular complexity index is 176. The summed E-state index contributed by atoms with van der Waals surface area (Å²) in [5.41, 5.74) is 0. The van der Waals surface area contributed by atoms with Crippen molar-refractivity contribution in [3.8, 4) is 0 Å². The van der Waals surface area contributed by atoms with Crippen LogP contribution in [0.4, 0.5) is 4.39 Å². The molecule has 0 aromatic carbocycles. The predicted octanol–water partition coefficient (Wildman–Crippen LogP) is 2.58. The molecule has 1 N–H and O–H groups in total. The molecule has 0 saturated heterocycles. The molecule has 3 heteroatoms. The summed E-state index contributed by atoms with van der Waals surface area (Å²) in [6, 6.07) is 0. The van der Waals surface area contributed by atoms with E-state index in [-0.39, 0.29) is 0 Å². The second-order valence-electron chi connectivity index (χ2n) is 4.29. The number of alkyl halides is 1. The number of aliphatic hydroxyl groups is 1. The SMILES string of the molecule is C=P(C)(C)CCC[C@@H](O)[C@@H](F)CC. The van der Waals surface area contributed by atoms with Gasteiger partial charge in [0, 0.05) is 0 Å². The third-order valence-electron chi connectivity index (χ3n) is 2.07. The van der Waals surface area contributed by atoms with Crippen molar-refractivity contribution in [1.82, 2.24) is 0 Å². The van der Waals surface area contributed by atoms with Gasteiger partial charge in [-0.15, -0.1) is 13.2 Å². The van der Waals surface area contributed by atoms with Gasteiger partial charge in [0.25, 0.3) is 0 Å². The van der Waals surface area contributed by atoms with Gasteiger partial charge in [-0.3, -0.25) is 0 Å². The van der Waals surface area contributed by atoms with Crippen LogP contribution >= 0.6 is 6.89 Å². The van der Waals surface area contributed by atoms with Gasteiger partial charge in [0.1, 0.15) is 6.17 Å². The molecule has 2 atom stereocenters. The molecule has 0 aliphatic heterocycles. The van der Waals surface area contributed by atoms with Crippen molar-refractivity contribution in [1.29, 1.82) is 0 Å². The van der Waals surface area contributed by atoms with Crippen LogP contribution in [0.1, 0.15) is 26.2 Å². The average molecular weight is 208 g/mol. The first kappa shape index (κ1) is 13.2. The highest BCUT2D eigenvalue weighted by Crippen LogP contribution is 2.36. The molecule has 80 valence electrons. The maximum Gasteiger partial charge on any atom is 0.126 e. The van der Waals surface area contributed by atoms with Crippen molar-refractivity contribution in [3.05, 3.63) is 0 Å². The van der Waals surface area contributed by atoms with E-state index in [0.29, 0.717) is 12.8 Å². The van der Waals surface area contributed by atoms with Gasteiger partial charge in [-0.1, -0.05) is 6.92 Å². The lowest BCUT2D eigenvalue weighted by Crippen LogP contribution is -2.21. The largest absolute Gasteiger partial charge is 0.390 e. The predicted molar refractivity (Wildman–Crippen MR) is 61.2 cm³/mol. The highest BCUT2D eigenvalue weighted by Gasteiger charge is 2.15. The average Bonchev–Trinajstić information content (AvgIpc) is 2.00. The van der Waals surface area contributed by atoms with Crippen LogP contribution in [0, 0.1) is 0 Å². The fourth-order valence-corrected chi connectivity index (χ4v) is 2.22. The maximum absolute atomic E-state index is 12.9. The Morgan fingerprint density at radius 1 is 1.46 bits per heavy atom. The minimum atomic E-state index is -1.05. The second kappa shape index (κ2) is 5.82. The molecule has 1 nitrogen and oxygen atoms in total. The van der Waals surface area contributed by atoms with Gasteiger partial charge >= 0.3 is 0 Å². The molecule has 0 rings (SSSR count). The van der Waals surface area contributed by atoms with Crippen molar-refractivity contribution in [2.24, 2.45) is 0 Å². The summed E-state index contributed by atoms with van der Waals surface area (Å²) < 4.78 is 12.9. The van der Waals surface area contributed by atoms with E-state index in [1.807, 2.05) is 0 Å². The Morgan fingerprint density at radius 3 is 2.38 bits per heavy atom.